The van der Waals surface area contributed by atoms with E-state index in [2.05, 4.69) is 0 Å². The van der Waals surface area contributed by atoms with Gasteiger partial charge in [0.1, 0.15) is 4.33 Å². The lowest BCUT2D eigenvalue weighted by atomic mass is 10.4. The lowest BCUT2D eigenvalue weighted by molar-refractivity contribution is 0.905. The molecule has 0 aromatic rings. The average molecular weight is 240 g/mol. The molecular formula is C7H14Cl4. The summed E-state index contributed by atoms with van der Waals surface area (Å²) < 4.78 is -0.556. The van der Waals surface area contributed by atoms with Crippen LogP contribution in [0.1, 0.15) is 27.7 Å². The van der Waals surface area contributed by atoms with Gasteiger partial charge in [-0.05, 0) is 27.7 Å². The van der Waals surface area contributed by atoms with Gasteiger partial charge in [0.2, 0.25) is 0 Å². The zero-order valence-electron chi connectivity index (χ0n) is 7.17. The van der Waals surface area contributed by atoms with E-state index in [9.17, 15) is 0 Å². The molecule has 0 heterocycles. The van der Waals surface area contributed by atoms with E-state index in [1.807, 2.05) is 13.8 Å². The van der Waals surface area contributed by atoms with Crippen LogP contribution in [-0.2, 0) is 0 Å². The van der Waals surface area contributed by atoms with E-state index >= 15 is 0 Å². The molecule has 0 rings (SSSR count). The summed E-state index contributed by atoms with van der Waals surface area (Å²) in [6.07, 6.45) is 0. The minimum Gasteiger partial charge on any atom is -0.122 e. The molecule has 0 saturated carbocycles. The topological polar surface area (TPSA) is 0 Å². The lowest BCUT2D eigenvalue weighted by Gasteiger charge is -2.00. The summed E-state index contributed by atoms with van der Waals surface area (Å²) in [4.78, 5) is 0. The Morgan fingerprint density at radius 2 is 1.00 bits per heavy atom. The summed E-state index contributed by atoms with van der Waals surface area (Å²) in [5, 5.41) is 0.179. The summed E-state index contributed by atoms with van der Waals surface area (Å²) in [7, 11) is 0. The first-order chi connectivity index (χ1) is 4.64. The van der Waals surface area contributed by atoms with Gasteiger partial charge < -0.3 is 0 Å². The molecule has 0 aromatic carbocycles. The Balaban J connectivity index is 0. The van der Waals surface area contributed by atoms with Crippen molar-refractivity contribution in [2.75, 3.05) is 0 Å². The van der Waals surface area contributed by atoms with Crippen molar-refractivity contribution in [1.29, 1.82) is 0 Å². The number of hydrogen-bond acceptors (Lipinski definition) is 0. The fraction of sp³-hybridized carbons (Fsp3) is 1.00. The van der Waals surface area contributed by atoms with Crippen molar-refractivity contribution in [3.63, 3.8) is 0 Å². The molecule has 0 amide bonds. The van der Waals surface area contributed by atoms with Gasteiger partial charge in [-0.3, -0.25) is 0 Å². The highest BCUT2D eigenvalue weighted by atomic mass is 35.5. The van der Waals surface area contributed by atoms with Crippen LogP contribution in [0.25, 0.3) is 0 Å². The van der Waals surface area contributed by atoms with Crippen molar-refractivity contribution in [3.05, 3.63) is 0 Å². The van der Waals surface area contributed by atoms with E-state index in [0.717, 1.165) is 0 Å². The van der Waals surface area contributed by atoms with Crippen LogP contribution >= 0.6 is 46.4 Å². The zero-order chi connectivity index (χ0) is 9.65. The van der Waals surface area contributed by atoms with Gasteiger partial charge in [0, 0.05) is 10.8 Å². The van der Waals surface area contributed by atoms with Crippen molar-refractivity contribution in [3.8, 4) is 0 Å². The fourth-order valence-electron chi connectivity index (χ4n) is 0. The zero-order valence-corrected chi connectivity index (χ0v) is 10.2. The van der Waals surface area contributed by atoms with Gasteiger partial charge in [0.15, 0.2) is 0 Å². The third-order valence-electron chi connectivity index (χ3n) is 0.633. The molecule has 0 saturated heterocycles. The Labute approximate surface area is 89.1 Å². The van der Waals surface area contributed by atoms with Crippen LogP contribution in [-0.4, -0.2) is 15.1 Å². The van der Waals surface area contributed by atoms with Crippen molar-refractivity contribution >= 4 is 46.4 Å². The van der Waals surface area contributed by atoms with Gasteiger partial charge in [-0.25, -0.2) is 0 Å². The molecule has 0 spiro atoms. The molecule has 0 radical (unpaired) electrons. The second-order valence-electron chi connectivity index (χ2n) is 2.68. The normalized spacial score (nSPS) is 16.4. The lowest BCUT2D eigenvalue weighted by Crippen LogP contribution is -2.03. The Hall–Kier alpha value is 1.16. The monoisotopic (exact) mass is 238 g/mol. The van der Waals surface area contributed by atoms with Gasteiger partial charge in [-0.15, -0.1) is 46.4 Å². The van der Waals surface area contributed by atoms with Crippen LogP contribution in [0.4, 0.5) is 0 Å². The summed E-state index contributed by atoms with van der Waals surface area (Å²) in [6.45, 7) is 7.19. The van der Waals surface area contributed by atoms with Crippen LogP contribution in [0.5, 0.6) is 0 Å². The Kier molecular flexibility index (Phi) is 8.87. The van der Waals surface area contributed by atoms with Crippen molar-refractivity contribution in [2.45, 2.75) is 42.8 Å². The molecule has 0 aromatic heterocycles. The van der Waals surface area contributed by atoms with E-state index in [0.29, 0.717) is 0 Å². The van der Waals surface area contributed by atoms with Gasteiger partial charge in [0.05, 0.1) is 0 Å². The third kappa shape index (κ3) is 35.2. The number of hydrogen-bond donors (Lipinski definition) is 0. The second-order valence-corrected chi connectivity index (χ2v) is 6.14. The molecule has 0 nitrogen and oxygen atoms in total. The first-order valence-electron chi connectivity index (χ1n) is 3.30. The summed E-state index contributed by atoms with van der Waals surface area (Å²) in [5.41, 5.74) is 0. The van der Waals surface area contributed by atoms with Crippen molar-refractivity contribution in [1.82, 2.24) is 0 Å². The van der Waals surface area contributed by atoms with Gasteiger partial charge in [0.25, 0.3) is 0 Å². The van der Waals surface area contributed by atoms with E-state index in [1.165, 1.54) is 0 Å². The summed E-state index contributed by atoms with van der Waals surface area (Å²) >= 11 is 21.6. The van der Waals surface area contributed by atoms with E-state index < -0.39 is 4.33 Å². The maximum absolute atomic E-state index is 5.48. The molecular weight excluding hydrogens is 226 g/mol. The quantitative estimate of drug-likeness (QED) is 0.594. The van der Waals surface area contributed by atoms with Gasteiger partial charge >= 0.3 is 0 Å². The molecule has 0 aliphatic heterocycles. The second kappa shape index (κ2) is 6.65. The fourth-order valence-corrected chi connectivity index (χ4v) is 0. The SMILES string of the molecule is CC(C)(Cl)Cl.CC(Cl)C(C)Cl. The number of halogens is 4. The maximum atomic E-state index is 5.48. The Morgan fingerprint density at radius 3 is 1.00 bits per heavy atom. The minimum atomic E-state index is -0.556. The predicted molar refractivity (Wildman–Crippen MR) is 56.4 cm³/mol. The van der Waals surface area contributed by atoms with Gasteiger partial charge in [-0.1, -0.05) is 0 Å². The molecule has 0 fully saturated rings. The molecule has 2 atom stereocenters. The average Bonchev–Trinajstić information content (AvgIpc) is 1.59. The summed E-state index contributed by atoms with van der Waals surface area (Å²) in [5.74, 6) is 0. The van der Waals surface area contributed by atoms with Gasteiger partial charge in [-0.2, -0.15) is 0 Å². The molecule has 0 N–H and O–H groups in total. The molecule has 4 heteroatoms. The van der Waals surface area contributed by atoms with E-state index in [1.54, 1.807) is 13.8 Å². The molecule has 0 aliphatic rings. The van der Waals surface area contributed by atoms with Crippen molar-refractivity contribution in [2.24, 2.45) is 0 Å². The molecule has 0 aliphatic carbocycles. The highest BCUT2D eigenvalue weighted by molar-refractivity contribution is 6.47. The highest BCUT2D eigenvalue weighted by Crippen LogP contribution is 2.16. The summed E-state index contributed by atoms with van der Waals surface area (Å²) in [6, 6.07) is 0. The Morgan fingerprint density at radius 1 is 0.909 bits per heavy atom. The van der Waals surface area contributed by atoms with Crippen LogP contribution in [0.3, 0.4) is 0 Å². The molecule has 70 valence electrons. The van der Waals surface area contributed by atoms with Crippen LogP contribution in [0, 0.1) is 0 Å². The van der Waals surface area contributed by atoms with E-state index in [4.69, 9.17) is 46.4 Å². The molecule has 2 unspecified atom stereocenters. The third-order valence-corrected chi connectivity index (χ3v) is 1.52. The highest BCUT2D eigenvalue weighted by Gasteiger charge is 2.03. The number of rotatable bonds is 1. The standard InChI is InChI=1S/C4H8Cl2.C3H6Cl2/c1-3(5)4(2)6;1-3(2,4)5/h3-4H,1-2H3;1-2H3. The molecule has 0 bridgehead atoms. The van der Waals surface area contributed by atoms with E-state index in [-0.39, 0.29) is 10.8 Å². The van der Waals surface area contributed by atoms with Crippen molar-refractivity contribution < 1.29 is 0 Å². The minimum absolute atomic E-state index is 0.0895. The molecule has 11 heavy (non-hydrogen) atoms. The van der Waals surface area contributed by atoms with Crippen LogP contribution < -0.4 is 0 Å². The number of alkyl halides is 4. The van der Waals surface area contributed by atoms with Crippen LogP contribution in [0.15, 0.2) is 0 Å². The first-order valence-corrected chi connectivity index (χ1v) is 4.93. The first kappa shape index (κ1) is 14.7. The predicted octanol–water partition coefficient (Wildman–Crippen LogP) is 4.44. The van der Waals surface area contributed by atoms with Crippen LogP contribution in [0.2, 0.25) is 0 Å². The largest absolute Gasteiger partial charge is 0.122 e. The Bertz CT molecular complexity index is 70.9. The smallest absolute Gasteiger partial charge is 0.112 e. The maximum Gasteiger partial charge on any atom is 0.112 e.